The van der Waals surface area contributed by atoms with Crippen LogP contribution in [-0.2, 0) is 4.79 Å². The minimum absolute atomic E-state index is 0.242. The zero-order valence-corrected chi connectivity index (χ0v) is 24.2. The van der Waals surface area contributed by atoms with Crippen LogP contribution in [-0.4, -0.2) is 35.5 Å². The Balaban J connectivity index is 1.31. The van der Waals surface area contributed by atoms with Gasteiger partial charge in [-0.05, 0) is 76.1 Å². The number of fused-ring (bicyclic) bond motifs is 2. The van der Waals surface area contributed by atoms with Crippen LogP contribution in [0.25, 0.3) is 33.5 Å². The van der Waals surface area contributed by atoms with Gasteiger partial charge < -0.3 is 19.2 Å². The van der Waals surface area contributed by atoms with E-state index in [2.05, 4.69) is 26.3 Å². The van der Waals surface area contributed by atoms with Gasteiger partial charge in [-0.3, -0.25) is 9.59 Å². The Morgan fingerprint density at radius 3 is 2.70 bits per heavy atom. The number of methoxy groups -OCH3 is 1. The van der Waals surface area contributed by atoms with Crippen molar-refractivity contribution in [2.75, 3.05) is 19.0 Å². The third-order valence-electron chi connectivity index (χ3n) is 6.43. The molecule has 0 bridgehead atoms. The van der Waals surface area contributed by atoms with E-state index >= 15 is 0 Å². The molecule has 0 atom stereocenters. The number of benzene rings is 4. The lowest BCUT2D eigenvalue weighted by Gasteiger charge is -2.13. The number of nitrogens with one attached hydrogen (secondary N) is 1. The first-order valence-corrected chi connectivity index (χ1v) is 13.8. The van der Waals surface area contributed by atoms with Gasteiger partial charge in [0.25, 0.3) is 11.5 Å². The molecular weight excluding hydrogens is 619 g/mol. The molecule has 9 nitrogen and oxygen atoms in total. The number of rotatable bonds is 8. The molecule has 2 heterocycles. The normalized spacial score (nSPS) is 11.3. The molecular formula is C32H22BrFN4O5. The van der Waals surface area contributed by atoms with Crippen LogP contribution in [0.15, 0.2) is 110 Å². The van der Waals surface area contributed by atoms with E-state index in [0.29, 0.717) is 43.7 Å². The summed E-state index contributed by atoms with van der Waals surface area (Å²) in [4.78, 5) is 30.6. The predicted octanol–water partition coefficient (Wildman–Crippen LogP) is 6.62. The number of carbonyl (C=O) groups excluding carboxylic acids is 1. The highest BCUT2D eigenvalue weighted by molar-refractivity contribution is 9.10. The highest BCUT2D eigenvalue weighted by Gasteiger charge is 2.17. The number of para-hydroxylation sites is 2. The molecule has 0 aliphatic heterocycles. The first-order chi connectivity index (χ1) is 20.9. The van der Waals surface area contributed by atoms with Gasteiger partial charge in [-0.15, -0.1) is 0 Å². The number of anilines is 1. The fourth-order valence-electron chi connectivity index (χ4n) is 4.46. The minimum atomic E-state index is -0.480. The van der Waals surface area contributed by atoms with Crippen molar-refractivity contribution in [3.05, 3.63) is 117 Å². The summed E-state index contributed by atoms with van der Waals surface area (Å²) in [7, 11) is 1.46. The lowest BCUT2D eigenvalue weighted by Crippen LogP contribution is -2.20. The first kappa shape index (κ1) is 27.9. The molecule has 0 saturated carbocycles. The van der Waals surface area contributed by atoms with Crippen LogP contribution >= 0.6 is 15.9 Å². The Bertz CT molecular complexity index is 2060. The molecule has 0 fully saturated rings. The number of halogens is 2. The zero-order valence-electron chi connectivity index (χ0n) is 22.6. The molecule has 6 rings (SSSR count). The van der Waals surface area contributed by atoms with Crippen molar-refractivity contribution in [2.45, 2.75) is 0 Å². The molecule has 4 aromatic carbocycles. The summed E-state index contributed by atoms with van der Waals surface area (Å²) in [6.07, 6.45) is 1.48. The second-order valence-electron chi connectivity index (χ2n) is 9.34. The molecule has 6 aromatic rings. The molecule has 2 aromatic heterocycles. The van der Waals surface area contributed by atoms with Crippen LogP contribution in [0.2, 0.25) is 0 Å². The summed E-state index contributed by atoms with van der Waals surface area (Å²) in [6.45, 7) is -0.349. The Morgan fingerprint density at radius 1 is 1.07 bits per heavy atom. The first-order valence-electron chi connectivity index (χ1n) is 13.0. The maximum atomic E-state index is 13.6. The number of ether oxygens (including phenoxy) is 2. The monoisotopic (exact) mass is 640 g/mol. The largest absolute Gasteiger partial charge is 0.493 e. The average Bonchev–Trinajstić information content (AvgIpc) is 3.44. The van der Waals surface area contributed by atoms with E-state index in [9.17, 15) is 14.0 Å². The third-order valence-corrected chi connectivity index (χ3v) is 7.02. The smallest absolute Gasteiger partial charge is 0.282 e. The number of hydrogen-bond acceptors (Lipinski definition) is 7. The van der Waals surface area contributed by atoms with E-state index in [1.807, 2.05) is 36.4 Å². The molecule has 214 valence electrons. The molecule has 0 radical (unpaired) electrons. The topological polar surface area (TPSA) is 108 Å². The predicted molar refractivity (Wildman–Crippen MR) is 165 cm³/mol. The van der Waals surface area contributed by atoms with Crippen molar-refractivity contribution in [1.29, 1.82) is 0 Å². The minimum Gasteiger partial charge on any atom is -0.493 e. The van der Waals surface area contributed by atoms with Crippen LogP contribution in [0.3, 0.4) is 0 Å². The van der Waals surface area contributed by atoms with Gasteiger partial charge in [0.2, 0.25) is 5.82 Å². The van der Waals surface area contributed by atoms with E-state index in [1.54, 1.807) is 36.4 Å². The molecule has 1 N–H and O–H groups in total. The second kappa shape index (κ2) is 11.9. The lowest BCUT2D eigenvalue weighted by atomic mass is 10.2. The van der Waals surface area contributed by atoms with E-state index in [0.717, 1.165) is 5.39 Å². The molecule has 0 aliphatic carbocycles. The fraction of sp³-hybridized carbons (Fsp3) is 0.0625. The van der Waals surface area contributed by atoms with Crippen molar-refractivity contribution in [3.8, 4) is 23.1 Å². The molecule has 1 amide bonds. The van der Waals surface area contributed by atoms with E-state index < -0.39 is 11.7 Å². The molecule has 0 spiro atoms. The summed E-state index contributed by atoms with van der Waals surface area (Å²) >= 11 is 3.47. The number of amides is 1. The SMILES string of the molecule is COc1cc(C=Nn2c(-c3cc4ccccc4o3)nc3ccccc3c2=O)cc(Br)c1OCC(=O)Nc1cccc(F)c1. The van der Waals surface area contributed by atoms with Crippen molar-refractivity contribution < 1.29 is 23.1 Å². The standard InChI is InChI=1S/C32H22BrFN4O5/c1-41-27-14-19(13-24(33)30(27)42-18-29(39)36-22-9-6-8-21(34)16-22)17-35-38-31(28-15-20-7-2-5-12-26(20)43-28)37-25-11-4-3-10-23(25)32(38)40/h2-17H,18H2,1H3,(H,36,39). The molecule has 0 unspecified atom stereocenters. The average molecular weight is 641 g/mol. The van der Waals surface area contributed by atoms with Crippen LogP contribution in [0.4, 0.5) is 10.1 Å². The zero-order chi connectivity index (χ0) is 29.9. The Morgan fingerprint density at radius 2 is 1.88 bits per heavy atom. The quantitative estimate of drug-likeness (QED) is 0.187. The molecule has 43 heavy (non-hydrogen) atoms. The number of hydrogen-bond donors (Lipinski definition) is 1. The number of carbonyl (C=O) groups is 1. The summed E-state index contributed by atoms with van der Waals surface area (Å²) < 4.78 is 32.3. The fourth-order valence-corrected chi connectivity index (χ4v) is 5.04. The maximum Gasteiger partial charge on any atom is 0.282 e. The van der Waals surface area contributed by atoms with Gasteiger partial charge in [0.05, 0.1) is 28.7 Å². The van der Waals surface area contributed by atoms with Crippen molar-refractivity contribution >= 4 is 55.6 Å². The van der Waals surface area contributed by atoms with Gasteiger partial charge in [0.1, 0.15) is 11.4 Å². The van der Waals surface area contributed by atoms with Crippen LogP contribution < -0.4 is 20.3 Å². The van der Waals surface area contributed by atoms with Gasteiger partial charge in [0.15, 0.2) is 23.9 Å². The van der Waals surface area contributed by atoms with Gasteiger partial charge in [-0.1, -0.05) is 36.4 Å². The summed E-state index contributed by atoms with van der Waals surface area (Å²) in [6, 6.07) is 25.3. The van der Waals surface area contributed by atoms with Gasteiger partial charge in [-0.2, -0.15) is 9.78 Å². The third kappa shape index (κ3) is 5.88. The molecule has 0 aliphatic rings. The van der Waals surface area contributed by atoms with Crippen LogP contribution in [0.1, 0.15) is 5.56 Å². The second-order valence-corrected chi connectivity index (χ2v) is 10.2. The van der Waals surface area contributed by atoms with Gasteiger partial charge >= 0.3 is 0 Å². The molecule has 0 saturated heterocycles. The van der Waals surface area contributed by atoms with E-state index in [-0.39, 0.29) is 23.7 Å². The van der Waals surface area contributed by atoms with Gasteiger partial charge in [-0.25, -0.2) is 9.37 Å². The number of furan rings is 1. The lowest BCUT2D eigenvalue weighted by molar-refractivity contribution is -0.118. The highest BCUT2D eigenvalue weighted by atomic mass is 79.9. The van der Waals surface area contributed by atoms with Gasteiger partial charge in [0, 0.05) is 11.1 Å². The Kier molecular flexibility index (Phi) is 7.71. The summed E-state index contributed by atoms with van der Waals surface area (Å²) in [5.41, 5.74) is 1.68. The summed E-state index contributed by atoms with van der Waals surface area (Å²) in [5, 5.41) is 8.34. The Labute approximate surface area is 252 Å². The maximum absolute atomic E-state index is 13.6. The van der Waals surface area contributed by atoms with E-state index in [4.69, 9.17) is 18.9 Å². The Hall–Kier alpha value is -5.29. The van der Waals surface area contributed by atoms with Crippen LogP contribution in [0, 0.1) is 5.82 Å². The van der Waals surface area contributed by atoms with Crippen LogP contribution in [0.5, 0.6) is 11.5 Å². The molecule has 11 heteroatoms. The number of nitrogens with zero attached hydrogens (tertiary/aromatic N) is 3. The van der Waals surface area contributed by atoms with Crippen molar-refractivity contribution in [1.82, 2.24) is 9.66 Å². The van der Waals surface area contributed by atoms with Crippen molar-refractivity contribution in [3.63, 3.8) is 0 Å². The summed E-state index contributed by atoms with van der Waals surface area (Å²) in [5.74, 6) is 0.280. The van der Waals surface area contributed by atoms with Crippen molar-refractivity contribution in [2.24, 2.45) is 5.10 Å². The van der Waals surface area contributed by atoms with E-state index in [1.165, 1.54) is 36.2 Å². The highest BCUT2D eigenvalue weighted by Crippen LogP contribution is 2.36. The number of aromatic nitrogens is 2.